The van der Waals surface area contributed by atoms with E-state index in [2.05, 4.69) is 15.1 Å². The van der Waals surface area contributed by atoms with E-state index in [1.165, 1.54) is 18.0 Å². The number of nitrogens with one attached hydrogen (secondary N) is 1. The topological polar surface area (TPSA) is 105 Å². The Morgan fingerprint density at radius 3 is 2.52 bits per heavy atom. The summed E-state index contributed by atoms with van der Waals surface area (Å²) < 4.78 is 6.91. The Morgan fingerprint density at radius 2 is 1.80 bits per heavy atom. The lowest BCUT2D eigenvalue weighted by Gasteiger charge is -2.22. The van der Waals surface area contributed by atoms with Gasteiger partial charge in [0.05, 0.1) is 36.5 Å². The lowest BCUT2D eigenvalue weighted by Crippen LogP contribution is -2.28. The third kappa shape index (κ3) is 5.01. The molecule has 6 rings (SSSR count). The molecule has 200 valence electrons. The minimum atomic E-state index is -0.305. The number of carbonyl (C=O) groups excluding carboxylic acids is 1. The number of methoxy groups -OCH3 is 1. The number of carbonyl (C=O) groups is 1. The molecule has 0 saturated carbocycles. The molecule has 0 saturated heterocycles. The third-order valence-corrected chi connectivity index (χ3v) is 7.66. The van der Waals surface area contributed by atoms with Crippen molar-refractivity contribution in [3.63, 3.8) is 0 Å². The lowest BCUT2D eigenvalue weighted by atomic mass is 9.97. The fourth-order valence-electron chi connectivity index (χ4n) is 4.67. The van der Waals surface area contributed by atoms with Crippen LogP contribution in [0.15, 0.2) is 100 Å². The van der Waals surface area contributed by atoms with Gasteiger partial charge < -0.3 is 9.72 Å². The number of ether oxygens (including phenoxy) is 1. The molecule has 10 heteroatoms. The summed E-state index contributed by atoms with van der Waals surface area (Å²) in [5.41, 5.74) is 4.84. The first-order valence-electron chi connectivity index (χ1n) is 12.8. The van der Waals surface area contributed by atoms with Crippen LogP contribution in [0.5, 0.6) is 5.75 Å². The van der Waals surface area contributed by atoms with Crippen LogP contribution >= 0.6 is 11.8 Å². The van der Waals surface area contributed by atoms with Crippen molar-refractivity contribution in [1.82, 2.24) is 24.8 Å². The number of hydrogen-bond donors (Lipinski definition) is 1. The van der Waals surface area contributed by atoms with Crippen molar-refractivity contribution in [3.8, 4) is 11.4 Å². The number of amides is 1. The van der Waals surface area contributed by atoms with Gasteiger partial charge in [-0.25, -0.2) is 14.7 Å². The molecule has 0 aliphatic carbocycles. The Balaban J connectivity index is 1.27. The van der Waals surface area contributed by atoms with E-state index in [1.54, 1.807) is 16.8 Å². The van der Waals surface area contributed by atoms with E-state index in [-0.39, 0.29) is 23.3 Å². The van der Waals surface area contributed by atoms with Gasteiger partial charge in [-0.1, -0.05) is 59.8 Å². The number of hydrazone groups is 1. The summed E-state index contributed by atoms with van der Waals surface area (Å²) in [7, 11) is 1.63. The second kappa shape index (κ2) is 10.8. The summed E-state index contributed by atoms with van der Waals surface area (Å²) in [6.07, 6.45) is 2.09. The van der Waals surface area contributed by atoms with Crippen LogP contribution < -0.4 is 10.3 Å². The number of H-pyrrole nitrogens is 1. The minimum Gasteiger partial charge on any atom is -0.497 e. The molecule has 1 aliphatic heterocycles. The average molecular weight is 551 g/mol. The summed E-state index contributed by atoms with van der Waals surface area (Å²) in [4.78, 5) is 33.7. The highest BCUT2D eigenvalue weighted by Crippen LogP contribution is 2.34. The van der Waals surface area contributed by atoms with E-state index in [9.17, 15) is 9.59 Å². The van der Waals surface area contributed by atoms with Gasteiger partial charge in [0.1, 0.15) is 11.1 Å². The van der Waals surface area contributed by atoms with Crippen molar-refractivity contribution in [2.75, 3.05) is 12.9 Å². The first kappa shape index (κ1) is 25.6. The van der Waals surface area contributed by atoms with E-state index in [0.29, 0.717) is 22.6 Å². The first-order chi connectivity index (χ1) is 19.5. The van der Waals surface area contributed by atoms with Gasteiger partial charge in [-0.05, 0) is 54.4 Å². The molecule has 0 fully saturated rings. The van der Waals surface area contributed by atoms with E-state index < -0.39 is 0 Å². The van der Waals surface area contributed by atoms with Crippen molar-refractivity contribution >= 4 is 34.4 Å². The number of thioether (sulfide) groups is 1. The standard InChI is InChI=1S/C30H26N6O3S/c1-19-8-10-21(11-9-19)26-16-25(20-12-14-23(39-2)15-13-20)34-36(26)27(37)18-40-30-32-28-24(29(38)33-30)17-31-35(28)22-6-4-3-5-7-22/h3-15,17,26H,16,18H2,1-2H3,(H,32,33,38). The van der Waals surface area contributed by atoms with Crippen LogP contribution in [-0.4, -0.2) is 49.2 Å². The molecule has 5 aromatic rings. The number of benzene rings is 3. The Labute approximate surface area is 234 Å². The number of rotatable bonds is 7. The molecular weight excluding hydrogens is 524 g/mol. The zero-order valence-corrected chi connectivity index (χ0v) is 22.8. The molecule has 3 heterocycles. The highest BCUT2D eigenvalue weighted by Gasteiger charge is 2.33. The van der Waals surface area contributed by atoms with Crippen LogP contribution in [0.1, 0.15) is 29.2 Å². The van der Waals surface area contributed by atoms with Crippen LogP contribution in [0.25, 0.3) is 16.7 Å². The van der Waals surface area contributed by atoms with Crippen LogP contribution in [0, 0.1) is 6.92 Å². The molecule has 40 heavy (non-hydrogen) atoms. The molecule has 0 bridgehead atoms. The minimum absolute atomic E-state index is 0.0513. The van der Waals surface area contributed by atoms with Gasteiger partial charge in [-0.2, -0.15) is 10.2 Å². The monoisotopic (exact) mass is 550 g/mol. The number of aryl methyl sites for hydroxylation is 1. The van der Waals surface area contributed by atoms with Crippen LogP contribution in [0.2, 0.25) is 0 Å². The Morgan fingerprint density at radius 1 is 1.05 bits per heavy atom. The summed E-state index contributed by atoms with van der Waals surface area (Å²) >= 11 is 1.17. The van der Waals surface area contributed by atoms with Gasteiger partial charge in [0.2, 0.25) is 0 Å². The molecule has 1 unspecified atom stereocenters. The molecule has 1 N–H and O–H groups in total. The van der Waals surface area contributed by atoms with Crippen molar-refractivity contribution in [2.45, 2.75) is 24.5 Å². The van der Waals surface area contributed by atoms with Gasteiger partial charge in [0, 0.05) is 6.42 Å². The number of fused-ring (bicyclic) bond motifs is 1. The summed E-state index contributed by atoms with van der Waals surface area (Å²) in [6.45, 7) is 2.03. The van der Waals surface area contributed by atoms with Crippen LogP contribution in [0.4, 0.5) is 0 Å². The molecule has 0 radical (unpaired) electrons. The van der Waals surface area contributed by atoms with Crippen LogP contribution in [0.3, 0.4) is 0 Å². The number of nitrogens with zero attached hydrogens (tertiary/aromatic N) is 5. The normalized spacial score (nSPS) is 14.9. The van der Waals surface area contributed by atoms with Crippen molar-refractivity contribution in [1.29, 1.82) is 0 Å². The zero-order chi connectivity index (χ0) is 27.6. The molecule has 2 aromatic heterocycles. The molecule has 1 atom stereocenters. The quantitative estimate of drug-likeness (QED) is 0.228. The van der Waals surface area contributed by atoms with Crippen molar-refractivity contribution in [3.05, 3.63) is 112 Å². The number of hydrogen-bond acceptors (Lipinski definition) is 7. The fraction of sp³-hybridized carbons (Fsp3) is 0.167. The fourth-order valence-corrected chi connectivity index (χ4v) is 5.38. The van der Waals surface area contributed by atoms with E-state index in [4.69, 9.17) is 9.84 Å². The second-order valence-corrected chi connectivity index (χ2v) is 10.4. The Hall–Kier alpha value is -4.70. The average Bonchev–Trinajstić information content (AvgIpc) is 3.63. The van der Waals surface area contributed by atoms with Gasteiger partial charge in [-0.15, -0.1) is 0 Å². The maximum absolute atomic E-state index is 13.6. The number of aromatic amines is 1. The van der Waals surface area contributed by atoms with Crippen LogP contribution in [-0.2, 0) is 4.79 Å². The smallest absolute Gasteiger partial charge is 0.262 e. The highest BCUT2D eigenvalue weighted by molar-refractivity contribution is 7.99. The maximum Gasteiger partial charge on any atom is 0.262 e. The van der Waals surface area contributed by atoms with Crippen molar-refractivity contribution < 1.29 is 9.53 Å². The molecular formula is C30H26N6O3S. The Bertz CT molecular complexity index is 1760. The summed E-state index contributed by atoms with van der Waals surface area (Å²) in [5, 5.41) is 11.4. The van der Waals surface area contributed by atoms with E-state index in [0.717, 1.165) is 33.8 Å². The van der Waals surface area contributed by atoms with Gasteiger partial charge in [0.15, 0.2) is 10.8 Å². The molecule has 1 amide bonds. The number of para-hydroxylation sites is 1. The predicted molar refractivity (Wildman–Crippen MR) is 155 cm³/mol. The largest absolute Gasteiger partial charge is 0.497 e. The Kier molecular flexibility index (Phi) is 6.91. The third-order valence-electron chi connectivity index (χ3n) is 6.80. The van der Waals surface area contributed by atoms with E-state index >= 15 is 0 Å². The first-order valence-corrected chi connectivity index (χ1v) is 13.8. The van der Waals surface area contributed by atoms with Gasteiger partial charge in [-0.3, -0.25) is 9.59 Å². The maximum atomic E-state index is 13.6. The molecule has 1 aliphatic rings. The SMILES string of the molecule is COc1ccc(C2=NN(C(=O)CSc3nc4c(cnn4-c4ccccc4)c(=O)[nH]3)C(c3ccc(C)cc3)C2)cc1. The highest BCUT2D eigenvalue weighted by atomic mass is 32.2. The lowest BCUT2D eigenvalue weighted by molar-refractivity contribution is -0.130. The zero-order valence-electron chi connectivity index (χ0n) is 21.9. The van der Waals surface area contributed by atoms with Gasteiger partial charge >= 0.3 is 0 Å². The second-order valence-electron chi connectivity index (χ2n) is 9.43. The number of aromatic nitrogens is 4. The predicted octanol–water partition coefficient (Wildman–Crippen LogP) is 4.90. The summed E-state index contributed by atoms with van der Waals surface area (Å²) in [5.74, 6) is 0.627. The molecule has 0 spiro atoms. The molecule has 3 aromatic carbocycles. The van der Waals surface area contributed by atoms with Gasteiger partial charge in [0.25, 0.3) is 11.5 Å². The van der Waals surface area contributed by atoms with E-state index in [1.807, 2.05) is 85.8 Å². The molecule has 9 nitrogen and oxygen atoms in total. The summed E-state index contributed by atoms with van der Waals surface area (Å²) in [6, 6.07) is 25.1. The van der Waals surface area contributed by atoms with Crippen molar-refractivity contribution in [2.24, 2.45) is 5.10 Å².